The van der Waals surface area contributed by atoms with Gasteiger partial charge in [0.05, 0.1) is 0 Å². The second-order valence-electron chi connectivity index (χ2n) is 3.63. The summed E-state index contributed by atoms with van der Waals surface area (Å²) < 4.78 is 0. The fraction of sp³-hybridized carbons (Fsp3) is 0.455. The minimum absolute atomic E-state index is 0.449. The SMILES string of the molecule is NCCCC1Cc2c(O)cccc2S1. The zero-order chi connectivity index (χ0) is 9.97. The van der Waals surface area contributed by atoms with Gasteiger partial charge in [0.1, 0.15) is 5.75 Å². The van der Waals surface area contributed by atoms with Crippen LogP contribution in [0, 0.1) is 0 Å². The monoisotopic (exact) mass is 209 g/mol. The third kappa shape index (κ3) is 1.88. The fourth-order valence-electron chi connectivity index (χ4n) is 1.83. The van der Waals surface area contributed by atoms with Gasteiger partial charge in [-0.25, -0.2) is 0 Å². The van der Waals surface area contributed by atoms with Crippen LogP contribution in [-0.4, -0.2) is 16.9 Å². The third-order valence-electron chi connectivity index (χ3n) is 2.56. The van der Waals surface area contributed by atoms with Gasteiger partial charge < -0.3 is 10.8 Å². The normalized spacial score (nSPS) is 19.6. The molecule has 0 fully saturated rings. The lowest BCUT2D eigenvalue weighted by atomic mass is 10.1. The maximum Gasteiger partial charge on any atom is 0.119 e. The van der Waals surface area contributed by atoms with E-state index in [0.29, 0.717) is 11.0 Å². The molecule has 2 rings (SSSR count). The summed E-state index contributed by atoms with van der Waals surface area (Å²) in [6, 6.07) is 5.76. The maximum atomic E-state index is 9.64. The topological polar surface area (TPSA) is 46.2 Å². The second-order valence-corrected chi connectivity index (χ2v) is 4.97. The van der Waals surface area contributed by atoms with Crippen molar-refractivity contribution in [3.63, 3.8) is 0 Å². The predicted octanol–water partition coefficient (Wildman–Crippen LogP) is 2.15. The Morgan fingerprint density at radius 3 is 3.07 bits per heavy atom. The van der Waals surface area contributed by atoms with Crippen LogP contribution in [0.15, 0.2) is 23.1 Å². The first-order valence-corrected chi connectivity index (χ1v) is 5.87. The highest BCUT2D eigenvalue weighted by Crippen LogP contribution is 2.42. The molecule has 1 atom stereocenters. The Morgan fingerprint density at radius 1 is 1.50 bits per heavy atom. The second kappa shape index (κ2) is 4.24. The zero-order valence-corrected chi connectivity index (χ0v) is 8.89. The first kappa shape index (κ1) is 9.87. The molecule has 1 aromatic carbocycles. The van der Waals surface area contributed by atoms with Crippen LogP contribution in [-0.2, 0) is 6.42 Å². The van der Waals surface area contributed by atoms with E-state index in [4.69, 9.17) is 5.73 Å². The summed E-state index contributed by atoms with van der Waals surface area (Å²) in [5.41, 5.74) is 6.61. The van der Waals surface area contributed by atoms with Crippen molar-refractivity contribution in [1.29, 1.82) is 0 Å². The number of nitrogens with two attached hydrogens (primary N) is 1. The maximum absolute atomic E-state index is 9.64. The minimum Gasteiger partial charge on any atom is -0.508 e. The molecule has 2 nitrogen and oxygen atoms in total. The van der Waals surface area contributed by atoms with Crippen LogP contribution in [0.1, 0.15) is 18.4 Å². The highest BCUT2D eigenvalue weighted by Gasteiger charge is 2.23. The van der Waals surface area contributed by atoms with Crippen LogP contribution in [0.3, 0.4) is 0 Å². The van der Waals surface area contributed by atoms with Crippen LogP contribution < -0.4 is 5.73 Å². The van der Waals surface area contributed by atoms with Crippen molar-refractivity contribution in [2.75, 3.05) is 6.54 Å². The molecule has 0 radical (unpaired) electrons. The van der Waals surface area contributed by atoms with Gasteiger partial charge in [-0.1, -0.05) is 6.07 Å². The summed E-state index contributed by atoms with van der Waals surface area (Å²) in [6.07, 6.45) is 3.22. The molecular weight excluding hydrogens is 194 g/mol. The van der Waals surface area contributed by atoms with Gasteiger partial charge in [-0.15, -0.1) is 11.8 Å². The molecule has 14 heavy (non-hydrogen) atoms. The first-order valence-electron chi connectivity index (χ1n) is 4.99. The molecule has 1 unspecified atom stereocenters. The van der Waals surface area contributed by atoms with Crippen LogP contribution in [0.25, 0.3) is 0 Å². The van der Waals surface area contributed by atoms with E-state index in [1.165, 1.54) is 4.90 Å². The number of hydrogen-bond donors (Lipinski definition) is 2. The lowest BCUT2D eigenvalue weighted by Gasteiger charge is -2.05. The highest BCUT2D eigenvalue weighted by atomic mass is 32.2. The molecule has 3 heteroatoms. The van der Waals surface area contributed by atoms with E-state index in [2.05, 4.69) is 6.07 Å². The molecule has 0 saturated heterocycles. The summed E-state index contributed by atoms with van der Waals surface area (Å²) >= 11 is 1.87. The summed E-state index contributed by atoms with van der Waals surface area (Å²) in [7, 11) is 0. The van der Waals surface area contributed by atoms with Gasteiger partial charge in [0, 0.05) is 15.7 Å². The molecule has 1 heterocycles. The van der Waals surface area contributed by atoms with Crippen LogP contribution in [0.5, 0.6) is 5.75 Å². The number of rotatable bonds is 3. The smallest absolute Gasteiger partial charge is 0.119 e. The molecule has 0 aliphatic carbocycles. The molecule has 0 bridgehead atoms. The molecule has 1 aliphatic heterocycles. The van der Waals surface area contributed by atoms with Gasteiger partial charge >= 0.3 is 0 Å². The number of aromatic hydroxyl groups is 1. The average Bonchev–Trinajstić information content (AvgIpc) is 2.59. The average molecular weight is 209 g/mol. The predicted molar refractivity (Wildman–Crippen MR) is 59.7 cm³/mol. The van der Waals surface area contributed by atoms with E-state index in [9.17, 15) is 5.11 Å². The number of fused-ring (bicyclic) bond motifs is 1. The number of thioether (sulfide) groups is 1. The van der Waals surface area contributed by atoms with Crippen molar-refractivity contribution in [3.8, 4) is 5.75 Å². The summed E-state index contributed by atoms with van der Waals surface area (Å²) in [5.74, 6) is 0.449. The lowest BCUT2D eigenvalue weighted by Crippen LogP contribution is -2.06. The number of benzene rings is 1. The molecule has 1 aliphatic rings. The van der Waals surface area contributed by atoms with E-state index in [1.807, 2.05) is 17.8 Å². The van der Waals surface area contributed by atoms with Crippen molar-refractivity contribution < 1.29 is 5.11 Å². The van der Waals surface area contributed by atoms with E-state index < -0.39 is 0 Å². The van der Waals surface area contributed by atoms with Crippen molar-refractivity contribution in [1.82, 2.24) is 0 Å². The fourth-order valence-corrected chi connectivity index (χ4v) is 3.21. The Bertz CT molecular complexity index is 327. The van der Waals surface area contributed by atoms with E-state index >= 15 is 0 Å². The zero-order valence-electron chi connectivity index (χ0n) is 8.07. The van der Waals surface area contributed by atoms with Crippen molar-refractivity contribution >= 4 is 11.8 Å². The number of hydrogen-bond acceptors (Lipinski definition) is 3. The van der Waals surface area contributed by atoms with Gasteiger partial charge in [0.2, 0.25) is 0 Å². The molecular formula is C11H15NOS. The van der Waals surface area contributed by atoms with E-state index in [-0.39, 0.29) is 0 Å². The van der Waals surface area contributed by atoms with Crippen LogP contribution >= 0.6 is 11.8 Å². The van der Waals surface area contributed by atoms with Crippen LogP contribution in [0.2, 0.25) is 0 Å². The molecule has 0 aromatic heterocycles. The Labute approximate surface area is 88.5 Å². The van der Waals surface area contributed by atoms with E-state index in [0.717, 1.165) is 31.4 Å². The number of phenols is 1. The molecule has 0 saturated carbocycles. The third-order valence-corrected chi connectivity index (χ3v) is 3.94. The van der Waals surface area contributed by atoms with Gasteiger partial charge in [-0.2, -0.15) is 0 Å². The Kier molecular flexibility index (Phi) is 2.99. The first-order chi connectivity index (χ1) is 6.81. The van der Waals surface area contributed by atoms with Gasteiger partial charge in [-0.3, -0.25) is 0 Å². The van der Waals surface area contributed by atoms with Gasteiger partial charge in [0.25, 0.3) is 0 Å². The van der Waals surface area contributed by atoms with E-state index in [1.54, 1.807) is 6.07 Å². The molecule has 1 aromatic rings. The quantitative estimate of drug-likeness (QED) is 0.801. The molecule has 0 spiro atoms. The standard InChI is InChI=1S/C11H15NOS/c12-6-2-3-8-7-9-10(13)4-1-5-11(9)14-8/h1,4-5,8,13H,2-3,6-7,12H2. The largest absolute Gasteiger partial charge is 0.508 e. The minimum atomic E-state index is 0.449. The molecule has 76 valence electrons. The van der Waals surface area contributed by atoms with Crippen molar-refractivity contribution in [2.45, 2.75) is 29.4 Å². The Morgan fingerprint density at radius 2 is 2.36 bits per heavy atom. The summed E-state index contributed by atoms with van der Waals surface area (Å²) in [6.45, 7) is 0.763. The summed E-state index contributed by atoms with van der Waals surface area (Å²) in [5, 5.41) is 10.2. The number of phenolic OH excluding ortho intramolecular Hbond substituents is 1. The molecule has 3 N–H and O–H groups in total. The lowest BCUT2D eigenvalue weighted by molar-refractivity contribution is 0.466. The van der Waals surface area contributed by atoms with Crippen molar-refractivity contribution in [2.24, 2.45) is 5.73 Å². The van der Waals surface area contributed by atoms with Gasteiger partial charge in [0.15, 0.2) is 0 Å². The Balaban J connectivity index is 2.06. The summed E-state index contributed by atoms with van der Waals surface area (Å²) in [4.78, 5) is 1.24. The Hall–Kier alpha value is -0.670. The molecule has 0 amide bonds. The van der Waals surface area contributed by atoms with Gasteiger partial charge in [-0.05, 0) is 37.9 Å². The highest BCUT2D eigenvalue weighted by molar-refractivity contribution is 8.00. The van der Waals surface area contributed by atoms with Crippen molar-refractivity contribution in [3.05, 3.63) is 23.8 Å². The van der Waals surface area contributed by atoms with Crippen LogP contribution in [0.4, 0.5) is 0 Å².